The molecule has 0 aromatic carbocycles. The van der Waals surface area contributed by atoms with Crippen molar-refractivity contribution < 1.29 is 0 Å². The van der Waals surface area contributed by atoms with Crippen molar-refractivity contribution in [1.29, 1.82) is 0 Å². The first kappa shape index (κ1) is 16.7. The van der Waals surface area contributed by atoms with E-state index in [9.17, 15) is 0 Å². The Morgan fingerprint density at radius 3 is 2.47 bits per heavy atom. The number of halogens is 4. The molecule has 2 N–H and O–H groups in total. The van der Waals surface area contributed by atoms with E-state index in [2.05, 4.69) is 17.7 Å². The first-order valence-electron chi connectivity index (χ1n) is 4.50. The molecular weight excluding hydrogens is 363 g/mol. The molecule has 0 aromatic rings. The van der Waals surface area contributed by atoms with Crippen LogP contribution in [-0.2, 0) is 0 Å². The van der Waals surface area contributed by atoms with Crippen molar-refractivity contribution in [2.75, 3.05) is 12.3 Å². The van der Waals surface area contributed by atoms with Crippen molar-refractivity contribution in [3.63, 3.8) is 0 Å². The van der Waals surface area contributed by atoms with Crippen LogP contribution in [0.3, 0.4) is 0 Å². The standard InChI is InChI=1S/C6H13Cl4N4P3/c1-3-5-16(10)13(7)15(9)12-17(11,6-4-2)14(16)8/h3-4,16H,1-2,5-6,11H2. The number of hydrogen-bond donors (Lipinski definition) is 1. The summed E-state index contributed by atoms with van der Waals surface area (Å²) in [4.78, 5) is 0. The molecule has 1 heterocycles. The second-order valence-corrected chi connectivity index (χ2v) is 15.2. The van der Waals surface area contributed by atoms with E-state index in [1.165, 1.54) is 7.92 Å². The third-order valence-corrected chi connectivity index (χ3v) is 18.4. The zero-order valence-corrected chi connectivity index (χ0v) is 14.6. The third-order valence-electron chi connectivity index (χ3n) is 2.04. The summed E-state index contributed by atoms with van der Waals surface area (Å²) in [5.41, 5.74) is 6.20. The number of rotatable bonds is 4. The van der Waals surface area contributed by atoms with Crippen LogP contribution < -0.4 is 5.50 Å². The molecule has 0 saturated heterocycles. The summed E-state index contributed by atoms with van der Waals surface area (Å²) in [6.45, 7) is 4.45. The minimum atomic E-state index is -2.85. The predicted molar refractivity (Wildman–Crippen MR) is 86.0 cm³/mol. The Bertz CT molecular complexity index is 380. The van der Waals surface area contributed by atoms with Gasteiger partial charge in [-0.2, -0.15) is 0 Å². The number of nitrogens with two attached hydrogens (primary N) is 1. The molecule has 2 atom stereocenters. The summed E-state index contributed by atoms with van der Waals surface area (Å²) >= 11 is 25.0. The number of hydrogen-bond acceptors (Lipinski definition) is 4. The molecule has 0 saturated carbocycles. The third kappa shape index (κ3) is 3.20. The van der Waals surface area contributed by atoms with Crippen molar-refractivity contribution in [3.05, 3.63) is 25.3 Å². The van der Waals surface area contributed by atoms with E-state index in [0.717, 1.165) is 0 Å². The Balaban J connectivity index is 3.25. The van der Waals surface area contributed by atoms with Gasteiger partial charge in [-0.25, -0.2) is 0 Å². The topological polar surface area (TPSA) is 44.9 Å². The quantitative estimate of drug-likeness (QED) is 0.402. The molecule has 4 nitrogen and oxygen atoms in total. The average molecular weight is 376 g/mol. The fourth-order valence-corrected chi connectivity index (χ4v) is 16.5. The Kier molecular flexibility index (Phi) is 6.25. The van der Waals surface area contributed by atoms with Gasteiger partial charge in [-0.3, -0.25) is 0 Å². The first-order valence-corrected chi connectivity index (χ1v) is 12.4. The maximum absolute atomic E-state index is 6.53. The van der Waals surface area contributed by atoms with Crippen LogP contribution in [0.4, 0.5) is 0 Å². The fourth-order valence-electron chi connectivity index (χ4n) is 1.29. The van der Waals surface area contributed by atoms with Crippen LogP contribution in [0, 0.1) is 0 Å². The first-order chi connectivity index (χ1) is 7.81. The molecule has 1 rings (SSSR count). The van der Waals surface area contributed by atoms with Gasteiger partial charge >= 0.3 is 123 Å². The molecule has 0 aliphatic carbocycles. The van der Waals surface area contributed by atoms with Crippen molar-refractivity contribution in [2.45, 2.75) is 0 Å². The molecule has 1 aliphatic rings. The molecule has 11 heteroatoms. The van der Waals surface area contributed by atoms with Gasteiger partial charge in [-0.05, 0) is 0 Å². The monoisotopic (exact) mass is 374 g/mol. The van der Waals surface area contributed by atoms with E-state index < -0.39 is 21.8 Å². The van der Waals surface area contributed by atoms with Gasteiger partial charge in [0.1, 0.15) is 0 Å². The van der Waals surface area contributed by atoms with Crippen LogP contribution in [0.2, 0.25) is 0 Å². The molecule has 0 fully saturated rings. The summed E-state index contributed by atoms with van der Waals surface area (Å²) in [6, 6.07) is 0. The predicted octanol–water partition coefficient (Wildman–Crippen LogP) is 5.47. The van der Waals surface area contributed by atoms with Crippen molar-refractivity contribution in [2.24, 2.45) is 10.0 Å². The molecule has 2 unspecified atom stereocenters. The van der Waals surface area contributed by atoms with E-state index in [0.29, 0.717) is 12.3 Å². The summed E-state index contributed by atoms with van der Waals surface area (Å²) in [6.07, 6.45) is 4.22. The van der Waals surface area contributed by atoms with E-state index in [1.807, 2.05) is 0 Å². The molecule has 0 amide bonds. The van der Waals surface area contributed by atoms with Gasteiger partial charge in [-0.1, -0.05) is 0 Å². The van der Waals surface area contributed by atoms with Gasteiger partial charge in [0.25, 0.3) is 0 Å². The van der Waals surface area contributed by atoms with Crippen LogP contribution in [0.1, 0.15) is 0 Å². The van der Waals surface area contributed by atoms with Gasteiger partial charge in [0.2, 0.25) is 0 Å². The van der Waals surface area contributed by atoms with Gasteiger partial charge in [0.05, 0.1) is 0 Å². The summed E-state index contributed by atoms with van der Waals surface area (Å²) in [5.74, 6) is 0. The van der Waals surface area contributed by atoms with Gasteiger partial charge < -0.3 is 0 Å². The average Bonchev–Trinajstić information content (AvgIpc) is 2.25. The fraction of sp³-hybridized carbons (Fsp3) is 0.333. The van der Waals surface area contributed by atoms with E-state index in [-0.39, 0.29) is 0 Å². The molecule has 100 valence electrons. The second-order valence-electron chi connectivity index (χ2n) is 3.32. The number of allylic oxidation sites excluding steroid dienone is 2. The van der Waals surface area contributed by atoms with E-state index >= 15 is 0 Å². The Morgan fingerprint density at radius 1 is 1.41 bits per heavy atom. The van der Waals surface area contributed by atoms with Crippen molar-refractivity contribution in [1.82, 2.24) is 7.92 Å². The van der Waals surface area contributed by atoms with Crippen LogP contribution in [0.5, 0.6) is 0 Å². The number of nitrogens with zero attached hydrogens (tertiary/aromatic N) is 3. The Hall–Kier alpha value is 1.61. The van der Waals surface area contributed by atoms with Crippen LogP contribution >= 0.6 is 67.9 Å². The van der Waals surface area contributed by atoms with Gasteiger partial charge in [-0.15, -0.1) is 0 Å². The molecular formula is C6H13Cl4N4P3. The van der Waals surface area contributed by atoms with Gasteiger partial charge in [0.15, 0.2) is 0 Å². The SMILES string of the molecule is C=CCP1(N)=NP(Cl)N(Cl)[PH](Cl)(CC=C)N1Cl. The molecule has 0 spiro atoms. The van der Waals surface area contributed by atoms with E-state index in [1.54, 1.807) is 12.2 Å². The summed E-state index contributed by atoms with van der Waals surface area (Å²) in [7, 11) is -3.89. The zero-order valence-electron chi connectivity index (χ0n) is 8.81. The van der Waals surface area contributed by atoms with Crippen molar-refractivity contribution in [3.8, 4) is 0 Å². The minimum absolute atomic E-state index is 0.443. The Morgan fingerprint density at radius 2 is 2.00 bits per heavy atom. The molecule has 0 aromatic heterocycles. The molecule has 17 heavy (non-hydrogen) atoms. The van der Waals surface area contributed by atoms with Crippen LogP contribution in [0.15, 0.2) is 29.8 Å². The molecule has 0 bridgehead atoms. The Labute approximate surface area is 123 Å². The second kappa shape index (κ2) is 6.37. The van der Waals surface area contributed by atoms with Crippen molar-refractivity contribution >= 4 is 67.9 Å². The normalized spacial score (nSPS) is 35.9. The zero-order chi connectivity index (χ0) is 13.3. The van der Waals surface area contributed by atoms with E-state index in [4.69, 9.17) is 51.5 Å². The molecule has 0 radical (unpaired) electrons. The maximum atomic E-state index is 6.53. The summed E-state index contributed by atoms with van der Waals surface area (Å²) in [5, 5.41) is 0. The van der Waals surface area contributed by atoms with Crippen LogP contribution in [-0.4, -0.2) is 20.2 Å². The summed E-state index contributed by atoms with van der Waals surface area (Å²) < 4.78 is 7.03. The van der Waals surface area contributed by atoms with Crippen LogP contribution in [0.25, 0.3) is 0 Å². The molecule has 1 aliphatic heterocycles. The van der Waals surface area contributed by atoms with Gasteiger partial charge in [0, 0.05) is 0 Å².